The number of hydrogen-bond donors (Lipinski definition) is 0. The van der Waals surface area contributed by atoms with E-state index in [0.717, 1.165) is 0 Å². The molecule has 0 unspecified atom stereocenters. The summed E-state index contributed by atoms with van der Waals surface area (Å²) in [7, 11) is -6.03. The van der Waals surface area contributed by atoms with Gasteiger partial charge in [-0.15, -0.1) is 0 Å². The first-order valence-electron chi connectivity index (χ1n) is 15.5. The average molecular weight is 682 g/mol. The van der Waals surface area contributed by atoms with Gasteiger partial charge < -0.3 is 32.9 Å². The second-order valence-electron chi connectivity index (χ2n) is 10.3. The molecule has 13 heteroatoms. The topological polar surface area (TPSA) is 92.3 Å². The van der Waals surface area contributed by atoms with Gasteiger partial charge >= 0.3 is 29.3 Å². The molecule has 0 N–H and O–H groups in total. The van der Waals surface area contributed by atoms with Gasteiger partial charge in [0.15, 0.2) is 29.4 Å². The smallest absolute Gasteiger partial charge is 0.597 e. The Bertz CT molecular complexity index is 1470. The first-order chi connectivity index (χ1) is 24.1. The van der Waals surface area contributed by atoms with Gasteiger partial charge in [0.25, 0.3) is 0 Å². The first kappa shape index (κ1) is 34.8. The number of rotatable bonds is 6. The van der Waals surface area contributed by atoms with E-state index >= 15 is 0 Å². The normalized spacial score (nSPS) is 13.7. The van der Waals surface area contributed by atoms with Crippen molar-refractivity contribution in [1.82, 2.24) is 0 Å². The van der Waals surface area contributed by atoms with Crippen molar-refractivity contribution in [1.29, 1.82) is 0 Å². The average Bonchev–Trinajstić information content (AvgIpc) is 3.15. The minimum atomic E-state index is -1.73. The van der Waals surface area contributed by atoms with Gasteiger partial charge in [-0.2, -0.15) is 0 Å². The third-order valence-electron chi connectivity index (χ3n) is 6.98. The highest BCUT2D eigenvalue weighted by Crippen LogP contribution is 2.31. The molecule has 2 aliphatic rings. The van der Waals surface area contributed by atoms with Crippen molar-refractivity contribution in [2.45, 2.75) is 29.4 Å². The van der Waals surface area contributed by atoms with Gasteiger partial charge in [-0.05, 0) is 72.8 Å². The molecule has 0 atom stereocenters. The summed E-state index contributed by atoms with van der Waals surface area (Å²) < 4.78 is 21.9. The Morgan fingerprint density at radius 2 is 0.469 bits per heavy atom. The highest BCUT2D eigenvalue weighted by molar-refractivity contribution is 7.97. The Kier molecular flexibility index (Phi) is 12.9. The van der Waals surface area contributed by atoms with E-state index in [-0.39, 0.29) is 21.8 Å². The Labute approximate surface area is 294 Å². The van der Waals surface area contributed by atoms with E-state index in [0.29, 0.717) is 0 Å². The molecular weight excluding hydrogens is 652 g/mol. The molecule has 2 aliphatic heterocycles. The summed E-state index contributed by atoms with van der Waals surface area (Å²) in [6, 6.07) is 64.3. The van der Waals surface area contributed by atoms with Crippen LogP contribution in [0.15, 0.2) is 211 Å². The lowest BCUT2D eigenvalue weighted by atomic mass is 9.90. The van der Waals surface area contributed by atoms with Gasteiger partial charge in [0, 0.05) is 0 Å². The van der Waals surface area contributed by atoms with Crippen molar-refractivity contribution in [2.75, 3.05) is 0 Å². The van der Waals surface area contributed by atoms with Crippen LogP contribution in [0, 0.1) is 0 Å². The molecule has 49 heavy (non-hydrogen) atoms. The van der Waals surface area contributed by atoms with Crippen LogP contribution in [-0.2, 0) is 44.6 Å². The van der Waals surface area contributed by atoms with E-state index in [1.165, 1.54) is 29.4 Å². The van der Waals surface area contributed by atoms with E-state index in [1.54, 1.807) is 0 Å². The summed E-state index contributed by atoms with van der Waals surface area (Å²) in [5, 5.41) is 21.0. The van der Waals surface area contributed by atoms with Gasteiger partial charge in [-0.25, -0.2) is 0 Å². The molecule has 0 radical (unpaired) electrons. The van der Waals surface area contributed by atoms with Crippen LogP contribution in [0.2, 0.25) is 0 Å². The standard InChI is InChI=1S/2C18H15S.B4O7/c2*1-4-10-16(11-5-1)19(17-12-6-2-7-13-17)18-14-8-3-9-15-18;5-1-7-3-9-2(6)10-4(8-1)11-3/h2*1-15H;/q2*+1;-2. The van der Waals surface area contributed by atoms with Gasteiger partial charge in [-0.1, -0.05) is 109 Å². The monoisotopic (exact) mass is 682 g/mol. The molecule has 240 valence electrons. The van der Waals surface area contributed by atoms with Crippen molar-refractivity contribution in [3.05, 3.63) is 182 Å². The predicted molar refractivity (Wildman–Crippen MR) is 191 cm³/mol. The second kappa shape index (κ2) is 18.1. The zero-order valence-corrected chi connectivity index (χ0v) is 27.9. The van der Waals surface area contributed by atoms with E-state index in [1.807, 2.05) is 0 Å². The maximum atomic E-state index is 10.5. The molecule has 0 saturated carbocycles. The fourth-order valence-electron chi connectivity index (χ4n) is 4.87. The minimum Gasteiger partial charge on any atom is -0.833 e. The molecule has 2 bridgehead atoms. The maximum Gasteiger partial charge on any atom is 0.597 e. The van der Waals surface area contributed by atoms with Gasteiger partial charge in [-0.3, -0.25) is 0 Å². The van der Waals surface area contributed by atoms with Crippen LogP contribution in [0.25, 0.3) is 0 Å². The van der Waals surface area contributed by atoms with Crippen molar-refractivity contribution < 1.29 is 32.9 Å². The molecule has 2 heterocycles. The summed E-state index contributed by atoms with van der Waals surface area (Å²) >= 11 is 0. The van der Waals surface area contributed by atoms with Gasteiger partial charge in [0.2, 0.25) is 0 Å². The van der Waals surface area contributed by atoms with E-state index in [2.05, 4.69) is 205 Å². The number of hydrogen-bond acceptors (Lipinski definition) is 7. The molecule has 0 aromatic heterocycles. The Morgan fingerprint density at radius 3 is 0.653 bits per heavy atom. The van der Waals surface area contributed by atoms with Crippen molar-refractivity contribution in [3.63, 3.8) is 0 Å². The van der Waals surface area contributed by atoms with Gasteiger partial charge in [0.05, 0.1) is 21.8 Å². The quantitative estimate of drug-likeness (QED) is 0.174. The fourth-order valence-corrected chi connectivity index (χ4v) is 9.07. The van der Waals surface area contributed by atoms with Crippen molar-refractivity contribution in [2.24, 2.45) is 0 Å². The first-order valence-corrected chi connectivity index (χ1v) is 18.0. The molecule has 0 aliphatic carbocycles. The van der Waals surface area contributed by atoms with Crippen molar-refractivity contribution in [3.8, 4) is 0 Å². The largest absolute Gasteiger partial charge is 0.833 e. The zero-order chi connectivity index (χ0) is 33.7. The summed E-state index contributed by atoms with van der Waals surface area (Å²) in [5.41, 5.74) is 0. The molecule has 0 spiro atoms. The third kappa shape index (κ3) is 10.0. The molecule has 8 rings (SSSR count). The summed E-state index contributed by atoms with van der Waals surface area (Å²) in [5.74, 6) is 0. The Balaban J connectivity index is 0.000000132. The van der Waals surface area contributed by atoms with E-state index in [9.17, 15) is 10.0 Å². The summed E-state index contributed by atoms with van der Waals surface area (Å²) in [6.07, 6.45) is 0. The maximum absolute atomic E-state index is 10.5. The van der Waals surface area contributed by atoms with Crippen LogP contribution >= 0.6 is 0 Å². The fraction of sp³-hybridized carbons (Fsp3) is 0. The highest BCUT2D eigenvalue weighted by atomic mass is 32.2. The lowest BCUT2D eigenvalue weighted by molar-refractivity contribution is -0.260. The van der Waals surface area contributed by atoms with Crippen LogP contribution < -0.4 is 10.0 Å². The van der Waals surface area contributed by atoms with Crippen molar-refractivity contribution >= 4 is 51.1 Å². The van der Waals surface area contributed by atoms with E-state index < -0.39 is 29.3 Å². The van der Waals surface area contributed by atoms with Crippen LogP contribution in [0.1, 0.15) is 0 Å². The second-order valence-corrected chi connectivity index (χ2v) is 14.4. The minimum absolute atomic E-state index is 0.0146. The summed E-state index contributed by atoms with van der Waals surface area (Å²) in [4.78, 5) is 8.17. The lowest BCUT2D eigenvalue weighted by Gasteiger charge is -2.40. The van der Waals surface area contributed by atoms with Crippen LogP contribution in [0.5, 0.6) is 0 Å². The third-order valence-corrected chi connectivity index (χ3v) is 11.4. The SMILES string of the molecule is [O-]B1OB2OB([O-])OB(O1)O2.c1ccc([S+](c2ccccc2)c2ccccc2)cc1.c1ccc([S+](c2ccccc2)c2ccccc2)cc1. The molecule has 6 aromatic rings. The number of fused-ring (bicyclic) bond motifs is 2. The molecule has 7 nitrogen and oxygen atoms in total. The molecule has 2 saturated heterocycles. The van der Waals surface area contributed by atoms with Crippen LogP contribution in [0.4, 0.5) is 0 Å². The van der Waals surface area contributed by atoms with Crippen LogP contribution in [0.3, 0.4) is 0 Å². The molecular formula is C36H30B4O7S2. The van der Waals surface area contributed by atoms with Gasteiger partial charge in [0.1, 0.15) is 0 Å². The number of benzene rings is 6. The predicted octanol–water partition coefficient (Wildman–Crippen LogP) is 5.32. The molecule has 0 amide bonds. The lowest BCUT2D eigenvalue weighted by Crippen LogP contribution is -2.65. The zero-order valence-electron chi connectivity index (χ0n) is 26.3. The molecule has 2 fully saturated rings. The summed E-state index contributed by atoms with van der Waals surface area (Å²) in [6.45, 7) is 0. The molecule has 6 aromatic carbocycles. The van der Waals surface area contributed by atoms with Crippen LogP contribution in [-0.4, -0.2) is 29.3 Å². The highest BCUT2D eigenvalue weighted by Gasteiger charge is 2.44. The van der Waals surface area contributed by atoms with E-state index in [4.69, 9.17) is 0 Å². The Hall–Kier alpha value is -4.00. The Morgan fingerprint density at radius 1 is 0.286 bits per heavy atom.